The second-order valence-corrected chi connectivity index (χ2v) is 10.8. The Balaban J connectivity index is 1.17. The molecule has 194 valence electrons. The number of hydrogen-bond acceptors (Lipinski definition) is 7. The van der Waals surface area contributed by atoms with Crippen molar-refractivity contribution < 1.29 is 14.3 Å². The van der Waals surface area contributed by atoms with Crippen molar-refractivity contribution in [2.75, 3.05) is 25.1 Å². The lowest BCUT2D eigenvalue weighted by Crippen LogP contribution is -2.45. The number of imidazole rings is 1. The van der Waals surface area contributed by atoms with E-state index >= 15 is 0 Å². The van der Waals surface area contributed by atoms with Gasteiger partial charge in [-0.25, -0.2) is 15.0 Å². The SMILES string of the molecule is COC(=O)C1[C@@H]2CC[C@H]1CN(c1ncc(-c3ccc4nc(C)c(C5O[C@@H](C)c6ccccc65)n4c3)cn1)C2. The summed E-state index contributed by atoms with van der Waals surface area (Å²) in [5, 5.41) is 0. The van der Waals surface area contributed by atoms with E-state index in [0.29, 0.717) is 11.8 Å². The summed E-state index contributed by atoms with van der Waals surface area (Å²) >= 11 is 0. The van der Waals surface area contributed by atoms with Crippen LogP contribution in [0.4, 0.5) is 5.95 Å². The van der Waals surface area contributed by atoms with Crippen LogP contribution >= 0.6 is 0 Å². The van der Waals surface area contributed by atoms with Gasteiger partial charge in [-0.2, -0.15) is 0 Å². The third-order valence-corrected chi connectivity index (χ3v) is 8.71. The second kappa shape index (κ2) is 8.91. The number of anilines is 1. The molecule has 1 saturated carbocycles. The molecule has 8 nitrogen and oxygen atoms in total. The van der Waals surface area contributed by atoms with Crippen molar-refractivity contribution in [3.05, 3.63) is 77.5 Å². The smallest absolute Gasteiger partial charge is 0.309 e. The Morgan fingerprint density at radius 3 is 2.42 bits per heavy atom. The van der Waals surface area contributed by atoms with Crippen LogP contribution in [0.1, 0.15) is 54.5 Å². The van der Waals surface area contributed by atoms with Gasteiger partial charge in [0.25, 0.3) is 0 Å². The highest BCUT2D eigenvalue weighted by atomic mass is 16.5. The highest BCUT2D eigenvalue weighted by Crippen LogP contribution is 2.44. The highest BCUT2D eigenvalue weighted by molar-refractivity contribution is 5.74. The predicted molar refractivity (Wildman–Crippen MR) is 143 cm³/mol. The van der Waals surface area contributed by atoms with Crippen molar-refractivity contribution in [3.8, 4) is 11.1 Å². The van der Waals surface area contributed by atoms with Crippen molar-refractivity contribution in [1.29, 1.82) is 0 Å². The minimum absolute atomic E-state index is 0.00823. The number of esters is 1. The molecule has 3 aromatic heterocycles. The predicted octanol–water partition coefficient (Wildman–Crippen LogP) is 4.92. The molecule has 4 aromatic rings. The molecule has 0 N–H and O–H groups in total. The van der Waals surface area contributed by atoms with Gasteiger partial charge in [-0.15, -0.1) is 0 Å². The van der Waals surface area contributed by atoms with Gasteiger partial charge in [0.2, 0.25) is 5.95 Å². The maximum absolute atomic E-state index is 12.3. The lowest BCUT2D eigenvalue weighted by Gasteiger charge is -2.36. The summed E-state index contributed by atoms with van der Waals surface area (Å²) in [6.07, 6.45) is 7.89. The zero-order valence-electron chi connectivity index (χ0n) is 21.9. The van der Waals surface area contributed by atoms with Crippen molar-refractivity contribution in [2.45, 2.75) is 38.9 Å². The molecule has 5 atom stereocenters. The molecule has 2 bridgehead atoms. The molecule has 5 heterocycles. The first-order valence-electron chi connectivity index (χ1n) is 13.4. The quantitative estimate of drug-likeness (QED) is 0.361. The Bertz CT molecular complexity index is 1520. The molecule has 38 heavy (non-hydrogen) atoms. The fourth-order valence-electron chi connectivity index (χ4n) is 6.89. The largest absolute Gasteiger partial charge is 0.469 e. The number of rotatable bonds is 4. The second-order valence-electron chi connectivity index (χ2n) is 10.8. The van der Waals surface area contributed by atoms with E-state index in [2.05, 4.69) is 52.8 Å². The molecule has 7 rings (SSSR count). The topological polar surface area (TPSA) is 81.8 Å². The highest BCUT2D eigenvalue weighted by Gasteiger charge is 2.47. The number of fused-ring (bicyclic) bond motifs is 4. The van der Waals surface area contributed by atoms with Crippen LogP contribution in [0.3, 0.4) is 0 Å². The molecule has 1 aromatic carbocycles. The molecule has 2 unspecified atom stereocenters. The van der Waals surface area contributed by atoms with Crippen LogP contribution in [-0.2, 0) is 14.3 Å². The van der Waals surface area contributed by atoms with Crippen LogP contribution in [0.25, 0.3) is 16.8 Å². The number of benzene rings is 1. The Hall–Kier alpha value is -3.78. The molecule has 0 radical (unpaired) electrons. The summed E-state index contributed by atoms with van der Waals surface area (Å²) in [5.41, 5.74) is 7.31. The first-order chi connectivity index (χ1) is 18.5. The van der Waals surface area contributed by atoms with E-state index in [1.54, 1.807) is 0 Å². The van der Waals surface area contributed by atoms with Crippen LogP contribution in [0.5, 0.6) is 0 Å². The number of hydrogen-bond donors (Lipinski definition) is 0. The summed E-state index contributed by atoms with van der Waals surface area (Å²) < 4.78 is 13.6. The lowest BCUT2D eigenvalue weighted by atomic mass is 9.85. The van der Waals surface area contributed by atoms with Gasteiger partial charge in [0.05, 0.1) is 30.5 Å². The molecule has 3 aliphatic rings. The van der Waals surface area contributed by atoms with Gasteiger partial charge in [-0.1, -0.05) is 24.3 Å². The van der Waals surface area contributed by atoms with Gasteiger partial charge < -0.3 is 18.8 Å². The minimum atomic E-state index is -0.159. The van der Waals surface area contributed by atoms with Gasteiger partial charge in [0.15, 0.2) is 0 Å². The van der Waals surface area contributed by atoms with Crippen molar-refractivity contribution in [1.82, 2.24) is 19.4 Å². The minimum Gasteiger partial charge on any atom is -0.469 e. The summed E-state index contributed by atoms with van der Waals surface area (Å²) in [5.74, 6) is 1.27. The number of ether oxygens (including phenoxy) is 2. The van der Waals surface area contributed by atoms with E-state index in [4.69, 9.17) is 24.4 Å². The van der Waals surface area contributed by atoms with Gasteiger partial charge in [0, 0.05) is 42.8 Å². The van der Waals surface area contributed by atoms with E-state index in [9.17, 15) is 4.79 Å². The number of aromatic nitrogens is 4. The number of carbonyl (C=O) groups is 1. The molecule has 1 aliphatic carbocycles. The van der Waals surface area contributed by atoms with Gasteiger partial charge in [0.1, 0.15) is 11.8 Å². The van der Waals surface area contributed by atoms with Crippen molar-refractivity contribution in [2.24, 2.45) is 17.8 Å². The van der Waals surface area contributed by atoms with Crippen LogP contribution in [0.2, 0.25) is 0 Å². The van der Waals surface area contributed by atoms with E-state index in [1.165, 1.54) is 18.2 Å². The van der Waals surface area contributed by atoms with E-state index < -0.39 is 0 Å². The first-order valence-corrected chi connectivity index (χ1v) is 13.4. The molecule has 1 saturated heterocycles. The van der Waals surface area contributed by atoms with Gasteiger partial charge >= 0.3 is 5.97 Å². The zero-order valence-corrected chi connectivity index (χ0v) is 21.9. The van der Waals surface area contributed by atoms with Crippen molar-refractivity contribution >= 4 is 17.6 Å². The third kappa shape index (κ3) is 3.61. The van der Waals surface area contributed by atoms with E-state index in [0.717, 1.165) is 60.0 Å². The number of methoxy groups -OCH3 is 1. The number of pyridine rings is 1. The van der Waals surface area contributed by atoms with E-state index in [1.807, 2.05) is 25.4 Å². The Morgan fingerprint density at radius 2 is 1.71 bits per heavy atom. The third-order valence-electron chi connectivity index (χ3n) is 8.71. The number of carbonyl (C=O) groups excluding carboxylic acids is 1. The fraction of sp³-hybridized carbons (Fsp3) is 0.400. The molecular weight excluding hydrogens is 478 g/mol. The maximum atomic E-state index is 12.3. The van der Waals surface area contributed by atoms with Crippen molar-refractivity contribution in [3.63, 3.8) is 0 Å². The normalized spacial score (nSPS) is 26.1. The van der Waals surface area contributed by atoms with Crippen LogP contribution in [0.15, 0.2) is 55.0 Å². The Kier molecular flexibility index (Phi) is 5.47. The summed E-state index contributed by atoms with van der Waals surface area (Å²) in [7, 11) is 1.49. The zero-order chi connectivity index (χ0) is 26.0. The van der Waals surface area contributed by atoms with Crippen LogP contribution in [-0.4, -0.2) is 45.5 Å². The lowest BCUT2D eigenvalue weighted by molar-refractivity contribution is -0.148. The fourth-order valence-corrected chi connectivity index (χ4v) is 6.89. The molecule has 2 aliphatic heterocycles. The Morgan fingerprint density at radius 1 is 1.00 bits per heavy atom. The number of nitrogens with zero attached hydrogens (tertiary/aromatic N) is 5. The van der Waals surface area contributed by atoms with Crippen LogP contribution in [0, 0.1) is 24.7 Å². The summed E-state index contributed by atoms with van der Waals surface area (Å²) in [6.45, 7) is 5.73. The molecular formula is C30H31N5O3. The van der Waals surface area contributed by atoms with Gasteiger partial charge in [-0.05, 0) is 61.8 Å². The maximum Gasteiger partial charge on any atom is 0.309 e. The summed E-state index contributed by atoms with van der Waals surface area (Å²) in [4.78, 5) is 28.8. The average molecular weight is 510 g/mol. The number of piperidine rings is 1. The van der Waals surface area contributed by atoms with E-state index in [-0.39, 0.29) is 24.1 Å². The van der Waals surface area contributed by atoms with Gasteiger partial charge in [-0.3, -0.25) is 4.79 Å². The average Bonchev–Trinajstić information content (AvgIpc) is 3.54. The molecule has 2 fully saturated rings. The monoisotopic (exact) mass is 509 g/mol. The Labute approximate surface area is 221 Å². The molecule has 0 spiro atoms. The summed E-state index contributed by atoms with van der Waals surface area (Å²) in [6, 6.07) is 12.5. The van der Waals surface area contributed by atoms with Crippen LogP contribution < -0.4 is 4.90 Å². The molecule has 8 heteroatoms. The number of aryl methyl sites for hydroxylation is 1. The standard InChI is InChI=1S/C30H31N5O3/c1-17-27(28-24-7-5-4-6-23(24)18(2)38-28)35-16-19(10-11-25(35)33-17)22-12-31-30(32-13-22)34-14-20-8-9-21(15-34)26(20)29(36)37-3/h4-7,10-13,16,18,20-21,26,28H,8-9,14-15H2,1-3H3/t18-,20-,21+,26?,28?/m0/s1. The first kappa shape index (κ1) is 23.3. The molecule has 0 amide bonds.